The molecule has 0 spiro atoms. The van der Waals surface area contributed by atoms with Crippen LogP contribution in [0, 0.1) is 11.3 Å². The molecule has 41 heavy (non-hydrogen) atoms. The van der Waals surface area contributed by atoms with Crippen LogP contribution in [0.1, 0.15) is 61.0 Å². The molecule has 1 aliphatic heterocycles. The highest BCUT2D eigenvalue weighted by Crippen LogP contribution is 2.51. The van der Waals surface area contributed by atoms with Crippen molar-refractivity contribution in [1.82, 2.24) is 0 Å². The Kier molecular flexibility index (Phi) is 6.30. The van der Waals surface area contributed by atoms with Crippen molar-refractivity contribution in [3.63, 3.8) is 0 Å². The summed E-state index contributed by atoms with van der Waals surface area (Å²) in [6.45, 7) is 5.45. The van der Waals surface area contributed by atoms with Crippen molar-refractivity contribution >= 4 is 39.0 Å². The lowest BCUT2D eigenvalue weighted by molar-refractivity contribution is -0.118. The van der Waals surface area contributed by atoms with Crippen molar-refractivity contribution < 1.29 is 27.0 Å². The van der Waals surface area contributed by atoms with Gasteiger partial charge in [-0.25, -0.2) is 0 Å². The summed E-state index contributed by atoms with van der Waals surface area (Å²) in [6, 6.07) is 19.6. The van der Waals surface area contributed by atoms with Crippen LogP contribution in [0.15, 0.2) is 94.0 Å². The summed E-state index contributed by atoms with van der Waals surface area (Å²) in [5, 5.41) is 2.59. The van der Waals surface area contributed by atoms with Crippen molar-refractivity contribution in [3.8, 4) is 5.75 Å². The van der Waals surface area contributed by atoms with E-state index in [1.807, 2.05) is 32.0 Å². The van der Waals surface area contributed by atoms with E-state index in [1.54, 1.807) is 18.2 Å². The van der Waals surface area contributed by atoms with Gasteiger partial charge in [-0.3, -0.25) is 19.4 Å². The maximum absolute atomic E-state index is 13.7. The Balaban J connectivity index is 1.34. The van der Waals surface area contributed by atoms with Gasteiger partial charge in [0, 0.05) is 47.3 Å². The molecule has 0 radical (unpaired) electrons. The summed E-state index contributed by atoms with van der Waals surface area (Å²) < 4.78 is 31.2. The summed E-state index contributed by atoms with van der Waals surface area (Å²) in [5.41, 5.74) is 4.31. The minimum absolute atomic E-state index is 0.0154. The first kappa shape index (κ1) is 26.8. The first-order valence-corrected chi connectivity index (χ1v) is 14.7. The van der Waals surface area contributed by atoms with E-state index >= 15 is 0 Å². The first-order chi connectivity index (χ1) is 19.4. The van der Waals surface area contributed by atoms with Crippen LogP contribution < -0.4 is 9.50 Å². The van der Waals surface area contributed by atoms with E-state index in [0.29, 0.717) is 40.9 Å². The number of benzene rings is 3. The molecule has 3 aromatic rings. The number of rotatable bonds is 5. The smallest absolute Gasteiger partial charge is 0.339 e. The maximum atomic E-state index is 13.7. The van der Waals surface area contributed by atoms with E-state index in [-0.39, 0.29) is 33.5 Å². The normalized spacial score (nSPS) is 21.0. The number of ketones is 2. The molecule has 1 amide bonds. The summed E-state index contributed by atoms with van der Waals surface area (Å²) >= 11 is 0. The Labute approximate surface area is 238 Å². The third-order valence-corrected chi connectivity index (χ3v) is 9.01. The van der Waals surface area contributed by atoms with Gasteiger partial charge >= 0.3 is 10.1 Å². The van der Waals surface area contributed by atoms with Gasteiger partial charge in [-0.2, -0.15) is 8.42 Å². The second-order valence-electron chi connectivity index (χ2n) is 11.5. The van der Waals surface area contributed by atoms with Gasteiger partial charge in [-0.1, -0.05) is 50.2 Å². The number of hydrogen-bond acceptors (Lipinski definition) is 7. The number of nitrogens with zero attached hydrogens (tertiary/aromatic N) is 1. The molecule has 6 rings (SSSR count). The Morgan fingerprint density at radius 1 is 0.902 bits per heavy atom. The molecule has 0 unspecified atom stereocenters. The van der Waals surface area contributed by atoms with Crippen molar-refractivity contribution in [1.29, 1.82) is 0 Å². The molecule has 1 heterocycles. The molecule has 9 heteroatoms. The van der Waals surface area contributed by atoms with Crippen LogP contribution >= 0.6 is 0 Å². The molecule has 2 aliphatic carbocycles. The monoisotopic (exact) mass is 568 g/mol. The Bertz CT molecular complexity index is 1780. The zero-order valence-corrected chi connectivity index (χ0v) is 23.6. The van der Waals surface area contributed by atoms with E-state index in [0.717, 1.165) is 11.3 Å². The zero-order valence-electron chi connectivity index (χ0n) is 22.8. The second-order valence-corrected chi connectivity index (χ2v) is 13.0. The second kappa shape index (κ2) is 9.62. The Hall–Kier alpha value is -4.37. The molecule has 208 valence electrons. The molecule has 0 bridgehead atoms. The summed E-state index contributed by atoms with van der Waals surface area (Å²) in [7, 11) is -4.15. The van der Waals surface area contributed by atoms with Gasteiger partial charge in [-0.05, 0) is 53.8 Å². The number of amides is 1. The van der Waals surface area contributed by atoms with Gasteiger partial charge in [0.2, 0.25) is 5.91 Å². The average Bonchev–Trinajstić information content (AvgIpc) is 3.19. The zero-order chi connectivity index (χ0) is 29.1. The fourth-order valence-corrected chi connectivity index (χ4v) is 6.99. The molecule has 3 aliphatic rings. The largest absolute Gasteiger partial charge is 0.379 e. The number of aliphatic imine (C=N–C) groups is 1. The molecule has 0 saturated carbocycles. The topological polar surface area (TPSA) is 119 Å². The fourth-order valence-electron chi connectivity index (χ4n) is 6.06. The molecule has 3 aromatic carbocycles. The highest BCUT2D eigenvalue weighted by molar-refractivity contribution is 7.87. The van der Waals surface area contributed by atoms with E-state index in [1.165, 1.54) is 43.3 Å². The van der Waals surface area contributed by atoms with Crippen molar-refractivity contribution in [3.05, 3.63) is 101 Å². The molecule has 0 fully saturated rings. The molecular formula is C32H28N2O6S. The molecular weight excluding hydrogens is 540 g/mol. The summed E-state index contributed by atoms with van der Waals surface area (Å²) in [6.07, 6.45) is 0.985. The van der Waals surface area contributed by atoms with Gasteiger partial charge in [0.05, 0.1) is 11.6 Å². The predicted octanol–water partition coefficient (Wildman–Crippen LogP) is 5.45. The molecule has 1 N–H and O–H groups in total. The van der Waals surface area contributed by atoms with Crippen LogP contribution in [-0.4, -0.2) is 31.6 Å². The van der Waals surface area contributed by atoms with Crippen LogP contribution in [0.5, 0.6) is 5.75 Å². The number of carbonyl (C=O) groups is 3. The van der Waals surface area contributed by atoms with Gasteiger partial charge in [-0.15, -0.1) is 0 Å². The lowest BCUT2D eigenvalue weighted by Gasteiger charge is -2.38. The van der Waals surface area contributed by atoms with Crippen LogP contribution in [0.25, 0.3) is 0 Å². The minimum atomic E-state index is -4.15. The van der Waals surface area contributed by atoms with E-state index in [2.05, 4.69) is 5.32 Å². The first-order valence-electron chi connectivity index (χ1n) is 13.3. The van der Waals surface area contributed by atoms with Crippen molar-refractivity contribution in [2.45, 2.75) is 44.4 Å². The highest BCUT2D eigenvalue weighted by Gasteiger charge is 2.50. The third-order valence-electron chi connectivity index (χ3n) is 7.75. The Morgan fingerprint density at radius 2 is 1.56 bits per heavy atom. The van der Waals surface area contributed by atoms with Crippen LogP contribution in [0.4, 0.5) is 5.69 Å². The number of Topliss-reactive ketones (excluding diaryl/α,β-unsaturated/α-hetero) is 2. The fraction of sp³-hybridized carbons (Fsp3) is 0.250. The minimum Gasteiger partial charge on any atom is -0.379 e. The number of hydrogen-bond donors (Lipinski definition) is 1. The van der Waals surface area contributed by atoms with Crippen molar-refractivity contribution in [2.75, 3.05) is 5.32 Å². The lowest BCUT2D eigenvalue weighted by atomic mass is 9.66. The maximum Gasteiger partial charge on any atom is 0.339 e. The van der Waals surface area contributed by atoms with Crippen molar-refractivity contribution in [2.24, 2.45) is 16.3 Å². The van der Waals surface area contributed by atoms with Gasteiger partial charge in [0.25, 0.3) is 0 Å². The number of allylic oxidation sites excluding steroid dienone is 2. The predicted molar refractivity (Wildman–Crippen MR) is 154 cm³/mol. The quantitative estimate of drug-likeness (QED) is 0.409. The Morgan fingerprint density at radius 3 is 2.22 bits per heavy atom. The summed E-state index contributed by atoms with van der Waals surface area (Å²) in [5.74, 6) is -1.42. The SMILES string of the molecule is CC(=O)Nc1ccc(S(=O)(=O)Oc2ccc([C@@H]3C4=C(CC(C)(C)CC4=O)N=C4c5ccccc5C(=O)[C@@H]43)cc2)cc1. The lowest BCUT2D eigenvalue weighted by Crippen LogP contribution is -2.37. The van der Waals surface area contributed by atoms with E-state index in [4.69, 9.17) is 9.18 Å². The average molecular weight is 569 g/mol. The number of carbonyl (C=O) groups excluding carboxylic acids is 3. The highest BCUT2D eigenvalue weighted by atomic mass is 32.2. The van der Waals surface area contributed by atoms with Gasteiger partial charge < -0.3 is 9.50 Å². The number of anilines is 1. The van der Waals surface area contributed by atoms with Crippen LogP contribution in [-0.2, 0) is 19.7 Å². The summed E-state index contributed by atoms with van der Waals surface area (Å²) in [4.78, 5) is 43.3. The van der Waals surface area contributed by atoms with Crippen LogP contribution in [0.3, 0.4) is 0 Å². The molecule has 2 atom stereocenters. The third kappa shape index (κ3) is 4.80. The van der Waals surface area contributed by atoms with Gasteiger partial charge in [0.1, 0.15) is 10.6 Å². The molecule has 0 saturated heterocycles. The number of nitrogens with one attached hydrogen (secondary N) is 1. The molecule has 8 nitrogen and oxygen atoms in total. The number of fused-ring (bicyclic) bond motifs is 3. The van der Waals surface area contributed by atoms with Gasteiger partial charge in [0.15, 0.2) is 11.6 Å². The standard InChI is InChI=1S/C32H28N2O6S/c1-18(35)33-20-10-14-22(15-11-20)41(38,39)40-21-12-8-19(9-13-21)27-28-25(16-32(2,3)17-26(28)36)34-30-23-6-4-5-7-24(23)31(37)29(27)30/h4-15,27,29H,16-17H2,1-3H3,(H,33,35)/t27-,29-/m1/s1. The van der Waals surface area contributed by atoms with E-state index in [9.17, 15) is 22.8 Å². The van der Waals surface area contributed by atoms with Crippen LogP contribution in [0.2, 0.25) is 0 Å². The van der Waals surface area contributed by atoms with E-state index < -0.39 is 22.0 Å². The molecule has 0 aromatic heterocycles.